The first-order chi connectivity index (χ1) is 16.8. The van der Waals surface area contributed by atoms with Crippen molar-refractivity contribution in [2.45, 2.75) is 47.1 Å². The number of aryl methyl sites for hydroxylation is 2. The minimum atomic E-state index is -0.134. The molecule has 0 fully saturated rings. The zero-order chi connectivity index (χ0) is 25.1. The van der Waals surface area contributed by atoms with Crippen LogP contribution in [0.2, 0.25) is 0 Å². The van der Waals surface area contributed by atoms with E-state index in [0.29, 0.717) is 23.6 Å². The van der Waals surface area contributed by atoms with Gasteiger partial charge >= 0.3 is 0 Å². The molecule has 0 N–H and O–H groups in total. The average molecular weight is 471 g/mol. The molecule has 0 amide bonds. The van der Waals surface area contributed by atoms with Crippen LogP contribution in [0.3, 0.4) is 0 Å². The number of rotatable bonds is 7. The summed E-state index contributed by atoms with van der Waals surface area (Å²) in [6.45, 7) is 10.1. The number of methoxy groups -OCH3 is 1. The second kappa shape index (κ2) is 10.1. The first kappa shape index (κ1) is 24.1. The SMILES string of the molecule is COc1cccc(COc2cc(C)n(-c3ccnc(-c4nc(C(C)C)ncc4C)c3)c(=O)c2C)c1. The summed E-state index contributed by atoms with van der Waals surface area (Å²) >= 11 is 0. The Morgan fingerprint density at radius 3 is 2.57 bits per heavy atom. The van der Waals surface area contributed by atoms with Crippen LogP contribution in [0.4, 0.5) is 0 Å². The third-order valence-corrected chi connectivity index (χ3v) is 5.87. The van der Waals surface area contributed by atoms with E-state index in [-0.39, 0.29) is 11.5 Å². The summed E-state index contributed by atoms with van der Waals surface area (Å²) < 4.78 is 13.0. The fourth-order valence-electron chi connectivity index (χ4n) is 3.87. The van der Waals surface area contributed by atoms with Crippen LogP contribution < -0.4 is 15.0 Å². The topological polar surface area (TPSA) is 79.1 Å². The van der Waals surface area contributed by atoms with Gasteiger partial charge in [0.15, 0.2) is 0 Å². The number of nitrogens with zero attached hydrogens (tertiary/aromatic N) is 4. The summed E-state index contributed by atoms with van der Waals surface area (Å²) in [5.41, 5.74) is 5.26. The van der Waals surface area contributed by atoms with Crippen molar-refractivity contribution in [1.29, 1.82) is 0 Å². The molecule has 3 aromatic heterocycles. The van der Waals surface area contributed by atoms with E-state index < -0.39 is 0 Å². The van der Waals surface area contributed by atoms with Gasteiger partial charge in [-0.25, -0.2) is 9.97 Å². The molecule has 180 valence electrons. The fourth-order valence-corrected chi connectivity index (χ4v) is 3.87. The quantitative estimate of drug-likeness (QED) is 0.363. The molecule has 0 saturated heterocycles. The lowest BCUT2D eigenvalue weighted by Gasteiger charge is -2.16. The van der Waals surface area contributed by atoms with Gasteiger partial charge in [0.05, 0.1) is 29.7 Å². The Bertz CT molecular complexity index is 1430. The fraction of sp³-hybridized carbons (Fsp3) is 0.286. The lowest BCUT2D eigenvalue weighted by molar-refractivity contribution is 0.301. The van der Waals surface area contributed by atoms with Gasteiger partial charge in [-0.05, 0) is 56.2 Å². The van der Waals surface area contributed by atoms with Crippen molar-refractivity contribution >= 4 is 0 Å². The van der Waals surface area contributed by atoms with Gasteiger partial charge in [-0.2, -0.15) is 0 Å². The van der Waals surface area contributed by atoms with Gasteiger partial charge in [0.2, 0.25) is 0 Å². The lowest BCUT2D eigenvalue weighted by Crippen LogP contribution is -2.23. The Labute approximate surface area is 205 Å². The van der Waals surface area contributed by atoms with E-state index in [1.165, 1.54) is 0 Å². The number of pyridine rings is 2. The molecule has 0 atom stereocenters. The molecule has 0 aliphatic heterocycles. The molecule has 7 heteroatoms. The van der Waals surface area contributed by atoms with Gasteiger partial charge < -0.3 is 9.47 Å². The van der Waals surface area contributed by atoms with Crippen LogP contribution in [-0.2, 0) is 6.61 Å². The standard InChI is InChI=1S/C28H30N4O3/c1-17(2)27-30-15-18(3)26(31-27)24-14-22(10-11-29-24)32-19(4)12-25(20(5)28(32)33)35-16-21-8-7-9-23(13-21)34-6/h7-15,17H,16H2,1-6H3. The molecule has 7 nitrogen and oxygen atoms in total. The summed E-state index contributed by atoms with van der Waals surface area (Å²) in [5.74, 6) is 2.30. The summed E-state index contributed by atoms with van der Waals surface area (Å²) in [6, 6.07) is 13.3. The van der Waals surface area contributed by atoms with Crippen molar-refractivity contribution in [1.82, 2.24) is 19.5 Å². The van der Waals surface area contributed by atoms with Crippen molar-refractivity contribution < 1.29 is 9.47 Å². The first-order valence-electron chi connectivity index (χ1n) is 11.6. The van der Waals surface area contributed by atoms with Gasteiger partial charge in [0.25, 0.3) is 5.56 Å². The third-order valence-electron chi connectivity index (χ3n) is 5.87. The van der Waals surface area contributed by atoms with E-state index in [2.05, 4.69) is 23.8 Å². The lowest BCUT2D eigenvalue weighted by atomic mass is 10.1. The maximum Gasteiger partial charge on any atom is 0.261 e. The van der Waals surface area contributed by atoms with Crippen molar-refractivity contribution in [3.05, 3.63) is 93.4 Å². The monoisotopic (exact) mass is 470 g/mol. The Kier molecular flexibility index (Phi) is 6.96. The van der Waals surface area contributed by atoms with Crippen molar-refractivity contribution in [3.8, 4) is 28.6 Å². The Morgan fingerprint density at radius 1 is 1.03 bits per heavy atom. The Hall–Kier alpha value is -4.00. The van der Waals surface area contributed by atoms with E-state index in [1.54, 1.807) is 24.8 Å². The molecule has 0 spiro atoms. The maximum atomic E-state index is 13.4. The van der Waals surface area contributed by atoms with Crippen LogP contribution in [0.15, 0.2) is 59.7 Å². The second-order valence-corrected chi connectivity index (χ2v) is 8.87. The van der Waals surface area contributed by atoms with E-state index in [0.717, 1.165) is 39.8 Å². The molecule has 4 aromatic rings. The largest absolute Gasteiger partial charge is 0.497 e. The van der Waals surface area contributed by atoms with Crippen LogP contribution >= 0.6 is 0 Å². The molecule has 0 unspecified atom stereocenters. The number of hydrogen-bond donors (Lipinski definition) is 0. The molecule has 1 aromatic carbocycles. The van der Waals surface area contributed by atoms with E-state index in [9.17, 15) is 4.79 Å². The average Bonchev–Trinajstić information content (AvgIpc) is 2.86. The van der Waals surface area contributed by atoms with E-state index >= 15 is 0 Å². The van der Waals surface area contributed by atoms with Gasteiger partial charge in [-0.1, -0.05) is 26.0 Å². The molecule has 35 heavy (non-hydrogen) atoms. The van der Waals surface area contributed by atoms with Crippen LogP contribution in [0.5, 0.6) is 11.5 Å². The molecule has 0 radical (unpaired) electrons. The van der Waals surface area contributed by atoms with E-state index in [4.69, 9.17) is 14.5 Å². The van der Waals surface area contributed by atoms with Crippen LogP contribution in [-0.4, -0.2) is 26.6 Å². The summed E-state index contributed by atoms with van der Waals surface area (Å²) in [7, 11) is 1.63. The summed E-state index contributed by atoms with van der Waals surface area (Å²) in [6.07, 6.45) is 3.53. The van der Waals surface area contributed by atoms with Crippen molar-refractivity contribution in [3.63, 3.8) is 0 Å². The number of benzene rings is 1. The number of ether oxygens (including phenoxy) is 2. The third kappa shape index (κ3) is 5.09. The Morgan fingerprint density at radius 2 is 1.83 bits per heavy atom. The molecule has 3 heterocycles. The molecule has 0 aliphatic rings. The molecule has 0 bridgehead atoms. The summed E-state index contributed by atoms with van der Waals surface area (Å²) in [5, 5.41) is 0. The Balaban J connectivity index is 1.68. The zero-order valence-corrected chi connectivity index (χ0v) is 21.0. The molecule has 0 aliphatic carbocycles. The van der Waals surface area contributed by atoms with Gasteiger partial charge in [-0.15, -0.1) is 0 Å². The number of aromatic nitrogens is 4. The highest BCUT2D eigenvalue weighted by molar-refractivity contribution is 5.61. The highest BCUT2D eigenvalue weighted by Crippen LogP contribution is 2.25. The molecule has 0 saturated carbocycles. The van der Waals surface area contributed by atoms with Crippen molar-refractivity contribution in [2.75, 3.05) is 7.11 Å². The molecule has 4 rings (SSSR count). The smallest absolute Gasteiger partial charge is 0.261 e. The molecular weight excluding hydrogens is 440 g/mol. The van der Waals surface area contributed by atoms with Crippen LogP contribution in [0.25, 0.3) is 17.1 Å². The van der Waals surface area contributed by atoms with Crippen molar-refractivity contribution in [2.24, 2.45) is 0 Å². The van der Waals surface area contributed by atoms with Crippen LogP contribution in [0, 0.1) is 20.8 Å². The van der Waals surface area contributed by atoms with Crippen LogP contribution in [0.1, 0.15) is 48.0 Å². The molecular formula is C28H30N4O3. The van der Waals surface area contributed by atoms with Gasteiger partial charge in [0.1, 0.15) is 23.9 Å². The predicted molar refractivity (Wildman–Crippen MR) is 136 cm³/mol. The van der Waals surface area contributed by atoms with Gasteiger partial charge in [0, 0.05) is 30.1 Å². The highest BCUT2D eigenvalue weighted by Gasteiger charge is 2.15. The number of hydrogen-bond acceptors (Lipinski definition) is 6. The minimum absolute atomic E-state index is 0.134. The second-order valence-electron chi connectivity index (χ2n) is 8.87. The highest BCUT2D eigenvalue weighted by atomic mass is 16.5. The predicted octanol–water partition coefficient (Wildman–Crippen LogP) is 5.33. The maximum absolute atomic E-state index is 13.4. The normalized spacial score (nSPS) is 11.1. The van der Waals surface area contributed by atoms with Gasteiger partial charge in [-0.3, -0.25) is 14.3 Å². The van der Waals surface area contributed by atoms with E-state index in [1.807, 2.05) is 62.5 Å². The summed E-state index contributed by atoms with van der Waals surface area (Å²) in [4.78, 5) is 27.1. The minimum Gasteiger partial charge on any atom is -0.497 e. The first-order valence-corrected chi connectivity index (χ1v) is 11.6. The zero-order valence-electron chi connectivity index (χ0n) is 21.0.